The van der Waals surface area contributed by atoms with Crippen molar-refractivity contribution in [1.82, 2.24) is 14.7 Å². The average Bonchev–Trinajstić information content (AvgIpc) is 3.05. The molecule has 5 nitrogen and oxygen atoms in total. The zero-order valence-corrected chi connectivity index (χ0v) is 15.0. The molecular weight excluding hydrogens is 391 g/mol. The first kappa shape index (κ1) is 18.2. The number of para-hydroxylation sites is 1. The van der Waals surface area contributed by atoms with E-state index >= 15 is 0 Å². The highest BCUT2D eigenvalue weighted by Gasteiger charge is 2.32. The molecule has 2 aromatic heterocycles. The van der Waals surface area contributed by atoms with Crippen molar-refractivity contribution >= 4 is 32.4 Å². The summed E-state index contributed by atoms with van der Waals surface area (Å²) in [5.74, 6) is -0.779. The van der Waals surface area contributed by atoms with Crippen molar-refractivity contribution in [2.75, 3.05) is 0 Å². The summed E-state index contributed by atoms with van der Waals surface area (Å²) in [6, 6.07) is 12.1. The molecule has 0 aliphatic rings. The Morgan fingerprint density at radius 3 is 2.61 bits per heavy atom. The summed E-state index contributed by atoms with van der Waals surface area (Å²) in [6.45, 7) is -0.360. The topological polar surface area (TPSA) is 63.5 Å². The van der Waals surface area contributed by atoms with Crippen molar-refractivity contribution in [3.63, 3.8) is 0 Å². The van der Waals surface area contributed by atoms with E-state index < -0.39 is 23.2 Å². The molecule has 0 unspecified atom stereocenters. The highest BCUT2D eigenvalue weighted by atomic mass is 32.1. The summed E-state index contributed by atoms with van der Waals surface area (Å²) in [4.78, 5) is 29.8. The van der Waals surface area contributed by atoms with Gasteiger partial charge in [0.2, 0.25) is 0 Å². The quantitative estimate of drug-likeness (QED) is 0.565. The molecule has 0 saturated carbocycles. The summed E-state index contributed by atoms with van der Waals surface area (Å²) in [6.07, 6.45) is -3.38. The van der Waals surface area contributed by atoms with Gasteiger partial charge in [-0.05, 0) is 23.8 Å². The summed E-state index contributed by atoms with van der Waals surface area (Å²) in [5, 5.41) is 2.38. The third-order valence-electron chi connectivity index (χ3n) is 4.24. The summed E-state index contributed by atoms with van der Waals surface area (Å²) in [5.41, 5.74) is -1.09. The molecule has 0 aliphatic heterocycles. The smallest absolute Gasteiger partial charge is 0.348 e. The van der Waals surface area contributed by atoms with Gasteiger partial charge in [0, 0.05) is 12.7 Å². The Kier molecular flexibility index (Phi) is 4.38. The van der Waals surface area contributed by atoms with Crippen molar-refractivity contribution in [1.29, 1.82) is 0 Å². The maximum atomic E-state index is 13.1. The lowest BCUT2D eigenvalue weighted by atomic mass is 10.1. The van der Waals surface area contributed by atoms with Gasteiger partial charge in [0.15, 0.2) is 4.96 Å². The Balaban J connectivity index is 1.66. The fourth-order valence-electron chi connectivity index (χ4n) is 2.93. The minimum absolute atomic E-state index is 0.0847. The van der Waals surface area contributed by atoms with E-state index in [0.29, 0.717) is 10.5 Å². The minimum Gasteiger partial charge on any atom is -0.348 e. The van der Waals surface area contributed by atoms with Gasteiger partial charge in [0.05, 0.1) is 15.8 Å². The van der Waals surface area contributed by atoms with Crippen molar-refractivity contribution in [2.24, 2.45) is 0 Å². The molecule has 0 fully saturated rings. The number of nitrogens with one attached hydrogen (secondary N) is 1. The van der Waals surface area contributed by atoms with E-state index in [-0.39, 0.29) is 17.7 Å². The number of amides is 1. The molecular formula is C19H12F3N3O2S. The van der Waals surface area contributed by atoms with E-state index in [1.807, 2.05) is 12.1 Å². The second-order valence-electron chi connectivity index (χ2n) is 6.00. The van der Waals surface area contributed by atoms with Gasteiger partial charge in [0.1, 0.15) is 5.56 Å². The standard InChI is InChI=1S/C19H12F3N3O2S/c20-19(21,22)13-6-2-1-5-11(13)9-23-16(26)12-10-24-18-25(17(12)27)14-7-3-4-8-15(14)28-18/h1-8,10H,9H2,(H,23,26). The van der Waals surface area contributed by atoms with Gasteiger partial charge in [-0.15, -0.1) is 0 Å². The molecule has 0 spiro atoms. The monoisotopic (exact) mass is 403 g/mol. The third kappa shape index (κ3) is 3.13. The maximum absolute atomic E-state index is 13.1. The Bertz CT molecular complexity index is 1260. The number of hydrogen-bond acceptors (Lipinski definition) is 4. The highest BCUT2D eigenvalue weighted by molar-refractivity contribution is 7.23. The van der Waals surface area contributed by atoms with Crippen LogP contribution in [-0.4, -0.2) is 15.3 Å². The normalized spacial score (nSPS) is 11.8. The van der Waals surface area contributed by atoms with Crippen LogP contribution in [0.25, 0.3) is 15.2 Å². The number of carbonyl (C=O) groups is 1. The Morgan fingerprint density at radius 1 is 1.11 bits per heavy atom. The number of fused-ring (bicyclic) bond motifs is 3. The second-order valence-corrected chi connectivity index (χ2v) is 7.01. The van der Waals surface area contributed by atoms with E-state index in [2.05, 4.69) is 10.3 Å². The molecule has 9 heteroatoms. The first-order chi connectivity index (χ1) is 13.4. The van der Waals surface area contributed by atoms with E-state index in [1.54, 1.807) is 12.1 Å². The molecule has 0 atom stereocenters. The number of halogens is 3. The maximum Gasteiger partial charge on any atom is 0.416 e. The van der Waals surface area contributed by atoms with Gasteiger partial charge in [-0.1, -0.05) is 41.7 Å². The molecule has 28 heavy (non-hydrogen) atoms. The van der Waals surface area contributed by atoms with Crippen molar-refractivity contribution in [3.8, 4) is 0 Å². The Labute approximate surface area is 160 Å². The number of aromatic nitrogens is 2. The number of thiazole rings is 1. The third-order valence-corrected chi connectivity index (χ3v) is 5.28. The van der Waals surface area contributed by atoms with E-state index in [9.17, 15) is 22.8 Å². The number of hydrogen-bond donors (Lipinski definition) is 1. The molecule has 0 aliphatic carbocycles. The van der Waals surface area contributed by atoms with Crippen LogP contribution >= 0.6 is 11.3 Å². The van der Waals surface area contributed by atoms with Crippen LogP contribution in [0.2, 0.25) is 0 Å². The molecule has 0 radical (unpaired) electrons. The zero-order chi connectivity index (χ0) is 19.9. The van der Waals surface area contributed by atoms with Crippen LogP contribution in [0.1, 0.15) is 21.5 Å². The molecule has 2 aromatic carbocycles. The highest BCUT2D eigenvalue weighted by Crippen LogP contribution is 2.31. The largest absolute Gasteiger partial charge is 0.416 e. The van der Waals surface area contributed by atoms with Crippen LogP contribution in [0.3, 0.4) is 0 Å². The first-order valence-electron chi connectivity index (χ1n) is 8.19. The zero-order valence-electron chi connectivity index (χ0n) is 14.2. The van der Waals surface area contributed by atoms with E-state index in [1.165, 1.54) is 33.9 Å². The minimum atomic E-state index is -4.53. The van der Waals surface area contributed by atoms with Crippen molar-refractivity contribution in [3.05, 3.63) is 81.8 Å². The number of rotatable bonds is 3. The van der Waals surface area contributed by atoms with Gasteiger partial charge in [-0.2, -0.15) is 13.2 Å². The summed E-state index contributed by atoms with van der Waals surface area (Å²) < 4.78 is 41.4. The SMILES string of the molecule is O=C(NCc1ccccc1C(F)(F)F)c1cnc2sc3ccccc3n2c1=O. The predicted molar refractivity (Wildman–Crippen MR) is 99.5 cm³/mol. The molecule has 1 N–H and O–H groups in total. The molecule has 0 bridgehead atoms. The predicted octanol–water partition coefficient (Wildman–Crippen LogP) is 3.86. The number of nitrogens with zero attached hydrogens (tertiary/aromatic N) is 2. The number of alkyl halides is 3. The van der Waals surface area contributed by atoms with E-state index in [4.69, 9.17) is 0 Å². The molecule has 142 valence electrons. The number of carbonyl (C=O) groups excluding carboxylic acids is 1. The lowest BCUT2D eigenvalue weighted by molar-refractivity contribution is -0.138. The number of benzene rings is 2. The Morgan fingerprint density at radius 2 is 1.82 bits per heavy atom. The average molecular weight is 403 g/mol. The fourth-order valence-corrected chi connectivity index (χ4v) is 3.91. The molecule has 4 aromatic rings. The van der Waals surface area contributed by atoms with Gasteiger partial charge < -0.3 is 5.32 Å². The lowest BCUT2D eigenvalue weighted by Gasteiger charge is -2.13. The molecule has 0 saturated heterocycles. The van der Waals surface area contributed by atoms with Crippen LogP contribution in [0.15, 0.2) is 59.5 Å². The van der Waals surface area contributed by atoms with Crippen LogP contribution < -0.4 is 10.9 Å². The van der Waals surface area contributed by atoms with Gasteiger partial charge in [-0.3, -0.25) is 14.0 Å². The molecule has 1 amide bonds. The van der Waals surface area contributed by atoms with Crippen molar-refractivity contribution in [2.45, 2.75) is 12.7 Å². The molecule has 4 rings (SSSR count). The lowest BCUT2D eigenvalue weighted by Crippen LogP contribution is -2.31. The Hall–Kier alpha value is -3.20. The van der Waals surface area contributed by atoms with Crippen LogP contribution in [0, 0.1) is 0 Å². The van der Waals surface area contributed by atoms with E-state index in [0.717, 1.165) is 17.0 Å². The van der Waals surface area contributed by atoms with Gasteiger partial charge >= 0.3 is 6.18 Å². The summed E-state index contributed by atoms with van der Waals surface area (Å²) >= 11 is 1.31. The van der Waals surface area contributed by atoms with Crippen LogP contribution in [0.4, 0.5) is 13.2 Å². The van der Waals surface area contributed by atoms with Crippen LogP contribution in [0.5, 0.6) is 0 Å². The fraction of sp³-hybridized carbons (Fsp3) is 0.105. The molecule has 2 heterocycles. The first-order valence-corrected chi connectivity index (χ1v) is 9.00. The van der Waals surface area contributed by atoms with Gasteiger partial charge in [0.25, 0.3) is 11.5 Å². The van der Waals surface area contributed by atoms with Crippen LogP contribution in [-0.2, 0) is 12.7 Å². The van der Waals surface area contributed by atoms with Crippen molar-refractivity contribution < 1.29 is 18.0 Å². The van der Waals surface area contributed by atoms with Gasteiger partial charge in [-0.25, -0.2) is 4.98 Å². The summed E-state index contributed by atoms with van der Waals surface area (Å²) in [7, 11) is 0. The second kappa shape index (κ2) is 6.75.